The molecule has 90 valence electrons. The molecule has 1 unspecified atom stereocenters. The van der Waals surface area contributed by atoms with E-state index in [0.717, 1.165) is 28.0 Å². The molecule has 2 heterocycles. The van der Waals surface area contributed by atoms with Crippen molar-refractivity contribution in [1.82, 2.24) is 4.98 Å². The Kier molecular flexibility index (Phi) is 2.61. The van der Waals surface area contributed by atoms with Crippen molar-refractivity contribution in [3.8, 4) is 11.3 Å². The fourth-order valence-corrected chi connectivity index (χ4v) is 1.98. The summed E-state index contributed by atoms with van der Waals surface area (Å²) in [5.74, 6) is 1.64. The molecule has 18 heavy (non-hydrogen) atoms. The van der Waals surface area contributed by atoms with Gasteiger partial charge in [-0.3, -0.25) is 4.98 Å². The van der Waals surface area contributed by atoms with Crippen molar-refractivity contribution in [2.75, 3.05) is 0 Å². The number of pyridine rings is 1. The van der Waals surface area contributed by atoms with E-state index in [-0.39, 0.29) is 6.04 Å². The van der Waals surface area contributed by atoms with E-state index in [9.17, 15) is 0 Å². The first-order valence-corrected chi connectivity index (χ1v) is 5.94. The minimum Gasteiger partial charge on any atom is -0.459 e. The zero-order valence-corrected chi connectivity index (χ0v) is 10.1. The molecule has 2 N–H and O–H groups in total. The lowest BCUT2D eigenvalue weighted by Gasteiger charge is -2.02. The van der Waals surface area contributed by atoms with E-state index in [1.165, 1.54) is 0 Å². The maximum atomic E-state index is 5.79. The molecule has 3 nitrogen and oxygen atoms in total. The Morgan fingerprint density at radius 3 is 2.83 bits per heavy atom. The lowest BCUT2D eigenvalue weighted by molar-refractivity contribution is 0.491. The lowest BCUT2D eigenvalue weighted by Crippen LogP contribution is -2.02. The highest BCUT2D eigenvalue weighted by molar-refractivity contribution is 5.83. The predicted octanol–water partition coefficient (Wildman–Crippen LogP) is 3.51. The minimum absolute atomic E-state index is 0.0825. The molecule has 0 fully saturated rings. The summed E-state index contributed by atoms with van der Waals surface area (Å²) < 4.78 is 5.73. The summed E-state index contributed by atoms with van der Waals surface area (Å²) in [4.78, 5) is 4.30. The molecule has 3 aromatic rings. The first-order chi connectivity index (χ1) is 8.74. The van der Waals surface area contributed by atoms with E-state index >= 15 is 0 Å². The van der Waals surface area contributed by atoms with Crippen LogP contribution in [-0.4, -0.2) is 4.98 Å². The van der Waals surface area contributed by atoms with Gasteiger partial charge in [0.1, 0.15) is 11.5 Å². The van der Waals surface area contributed by atoms with Crippen LogP contribution in [0, 0.1) is 0 Å². The maximum Gasteiger partial charge on any atom is 0.134 e. The lowest BCUT2D eigenvalue weighted by atomic mass is 10.1. The van der Waals surface area contributed by atoms with Crippen molar-refractivity contribution in [3.63, 3.8) is 0 Å². The molecule has 0 aliphatic carbocycles. The van der Waals surface area contributed by atoms with Gasteiger partial charge >= 0.3 is 0 Å². The van der Waals surface area contributed by atoms with Crippen molar-refractivity contribution in [3.05, 3.63) is 54.4 Å². The standard InChI is InChI=1S/C15H14N2O/c1-10(16)14-6-7-15(18-14)12-4-5-13-11(9-12)3-2-8-17-13/h2-10H,16H2,1H3. The van der Waals surface area contributed by atoms with Crippen LogP contribution in [0.3, 0.4) is 0 Å². The monoisotopic (exact) mass is 238 g/mol. The first kappa shape index (κ1) is 11.0. The predicted molar refractivity (Wildman–Crippen MR) is 72.0 cm³/mol. The third-order valence-corrected chi connectivity index (χ3v) is 2.96. The number of nitrogens with two attached hydrogens (primary N) is 1. The molecule has 0 saturated heterocycles. The second kappa shape index (κ2) is 4.27. The molecule has 1 aromatic carbocycles. The van der Waals surface area contributed by atoms with Crippen LogP contribution in [0.2, 0.25) is 0 Å². The SMILES string of the molecule is CC(N)c1ccc(-c2ccc3ncccc3c2)o1. The van der Waals surface area contributed by atoms with Gasteiger partial charge in [-0.05, 0) is 43.3 Å². The molecule has 0 spiro atoms. The van der Waals surface area contributed by atoms with E-state index in [4.69, 9.17) is 10.2 Å². The van der Waals surface area contributed by atoms with Gasteiger partial charge in [-0.15, -0.1) is 0 Å². The summed E-state index contributed by atoms with van der Waals surface area (Å²) in [6, 6.07) is 13.9. The Balaban J connectivity index is 2.07. The summed E-state index contributed by atoms with van der Waals surface area (Å²) in [5, 5.41) is 1.11. The Bertz CT molecular complexity index is 686. The van der Waals surface area contributed by atoms with E-state index < -0.39 is 0 Å². The van der Waals surface area contributed by atoms with E-state index in [1.54, 1.807) is 6.20 Å². The quantitative estimate of drug-likeness (QED) is 0.743. The molecule has 3 heteroatoms. The second-order valence-corrected chi connectivity index (χ2v) is 4.40. The molecule has 0 amide bonds. The molecule has 3 rings (SSSR count). The largest absolute Gasteiger partial charge is 0.459 e. The molecule has 0 radical (unpaired) electrons. The minimum atomic E-state index is -0.0825. The average Bonchev–Trinajstić information content (AvgIpc) is 2.88. The number of benzene rings is 1. The van der Waals surface area contributed by atoms with Crippen LogP contribution in [0.4, 0.5) is 0 Å². The Morgan fingerprint density at radius 1 is 1.17 bits per heavy atom. The molecule has 0 aliphatic rings. The number of nitrogens with zero attached hydrogens (tertiary/aromatic N) is 1. The van der Waals surface area contributed by atoms with Crippen LogP contribution in [-0.2, 0) is 0 Å². The second-order valence-electron chi connectivity index (χ2n) is 4.40. The molecule has 0 saturated carbocycles. The molecule has 2 aromatic heterocycles. The zero-order valence-electron chi connectivity index (χ0n) is 10.1. The first-order valence-electron chi connectivity index (χ1n) is 5.94. The number of rotatable bonds is 2. The molecule has 0 bridgehead atoms. The smallest absolute Gasteiger partial charge is 0.134 e. The number of hydrogen-bond donors (Lipinski definition) is 1. The highest BCUT2D eigenvalue weighted by atomic mass is 16.3. The van der Waals surface area contributed by atoms with Gasteiger partial charge in [-0.25, -0.2) is 0 Å². The van der Waals surface area contributed by atoms with Gasteiger partial charge in [0.05, 0.1) is 11.6 Å². The van der Waals surface area contributed by atoms with Crippen molar-refractivity contribution in [2.45, 2.75) is 13.0 Å². The molecular formula is C15H14N2O. The number of hydrogen-bond acceptors (Lipinski definition) is 3. The van der Waals surface area contributed by atoms with Gasteiger partial charge in [0, 0.05) is 17.1 Å². The van der Waals surface area contributed by atoms with Crippen LogP contribution >= 0.6 is 0 Å². The summed E-state index contributed by atoms with van der Waals surface area (Å²) in [7, 11) is 0. The summed E-state index contributed by atoms with van der Waals surface area (Å²) >= 11 is 0. The van der Waals surface area contributed by atoms with Crippen LogP contribution < -0.4 is 5.73 Å². The van der Waals surface area contributed by atoms with Crippen LogP contribution in [0.15, 0.2) is 53.1 Å². The van der Waals surface area contributed by atoms with Gasteiger partial charge in [-0.2, -0.15) is 0 Å². The summed E-state index contributed by atoms with van der Waals surface area (Å²) in [6.45, 7) is 1.91. The Hall–Kier alpha value is -2.13. The Morgan fingerprint density at radius 2 is 2.06 bits per heavy atom. The van der Waals surface area contributed by atoms with Gasteiger partial charge in [0.2, 0.25) is 0 Å². The fraction of sp³-hybridized carbons (Fsp3) is 0.133. The van der Waals surface area contributed by atoms with Crippen molar-refractivity contribution in [2.24, 2.45) is 5.73 Å². The summed E-state index contributed by atoms with van der Waals surface area (Å²) in [5.41, 5.74) is 7.82. The van der Waals surface area contributed by atoms with Gasteiger partial charge in [0.25, 0.3) is 0 Å². The highest BCUT2D eigenvalue weighted by Crippen LogP contribution is 2.26. The van der Waals surface area contributed by atoms with E-state index in [1.807, 2.05) is 43.3 Å². The molecule has 1 atom stereocenters. The van der Waals surface area contributed by atoms with Crippen LogP contribution in [0.1, 0.15) is 18.7 Å². The highest BCUT2D eigenvalue weighted by Gasteiger charge is 2.08. The third-order valence-electron chi connectivity index (χ3n) is 2.96. The fourth-order valence-electron chi connectivity index (χ4n) is 1.98. The van der Waals surface area contributed by atoms with Gasteiger partial charge < -0.3 is 10.2 Å². The Labute approximate surface area is 105 Å². The van der Waals surface area contributed by atoms with Gasteiger partial charge in [-0.1, -0.05) is 6.07 Å². The van der Waals surface area contributed by atoms with E-state index in [0.29, 0.717) is 0 Å². The van der Waals surface area contributed by atoms with Crippen molar-refractivity contribution in [1.29, 1.82) is 0 Å². The molecular weight excluding hydrogens is 224 g/mol. The normalized spacial score (nSPS) is 12.8. The van der Waals surface area contributed by atoms with Crippen molar-refractivity contribution >= 4 is 10.9 Å². The number of furan rings is 1. The van der Waals surface area contributed by atoms with Crippen molar-refractivity contribution < 1.29 is 4.42 Å². The summed E-state index contributed by atoms with van der Waals surface area (Å²) in [6.07, 6.45) is 1.79. The van der Waals surface area contributed by atoms with Crippen LogP contribution in [0.5, 0.6) is 0 Å². The number of aromatic nitrogens is 1. The maximum absolute atomic E-state index is 5.79. The molecule has 0 aliphatic heterocycles. The van der Waals surface area contributed by atoms with Crippen LogP contribution in [0.25, 0.3) is 22.2 Å². The van der Waals surface area contributed by atoms with Gasteiger partial charge in [0.15, 0.2) is 0 Å². The average molecular weight is 238 g/mol. The zero-order chi connectivity index (χ0) is 12.5. The third kappa shape index (κ3) is 1.89. The number of fused-ring (bicyclic) bond motifs is 1. The van der Waals surface area contributed by atoms with E-state index in [2.05, 4.69) is 11.1 Å². The topological polar surface area (TPSA) is 52.0 Å².